The minimum Gasteiger partial charge on any atom is -0.481 e. The SMILES string of the molecule is C1CNC1.CCOC(=O)CC1CCCCC1.COC(=O)C1CNC1.O=C(O)C1CNC1. The maximum Gasteiger partial charge on any atom is 0.311 e. The first-order valence-corrected chi connectivity index (χ1v) is 11.6. The Balaban J connectivity index is 0.000000220. The monoisotopic (exact) mass is 443 g/mol. The van der Waals surface area contributed by atoms with Gasteiger partial charge in [0, 0.05) is 32.6 Å². The Labute approximate surface area is 186 Å². The minimum atomic E-state index is -0.682. The molecule has 0 aromatic rings. The van der Waals surface area contributed by atoms with E-state index in [9.17, 15) is 14.4 Å². The highest BCUT2D eigenvalue weighted by Crippen LogP contribution is 2.26. The van der Waals surface area contributed by atoms with Crippen LogP contribution in [-0.2, 0) is 23.9 Å². The molecular weight excluding hydrogens is 402 g/mol. The van der Waals surface area contributed by atoms with Gasteiger partial charge in [-0.15, -0.1) is 0 Å². The van der Waals surface area contributed by atoms with E-state index in [0.717, 1.165) is 13.1 Å². The molecule has 0 spiro atoms. The van der Waals surface area contributed by atoms with Gasteiger partial charge in [0.1, 0.15) is 0 Å². The molecule has 0 amide bonds. The predicted molar refractivity (Wildman–Crippen MR) is 118 cm³/mol. The number of carboxylic acid groups (broad SMARTS) is 1. The number of ether oxygens (including phenoxy) is 2. The molecule has 0 aromatic carbocycles. The Morgan fingerprint density at radius 2 is 1.39 bits per heavy atom. The molecule has 31 heavy (non-hydrogen) atoms. The van der Waals surface area contributed by atoms with Gasteiger partial charge in [-0.2, -0.15) is 0 Å². The second kappa shape index (κ2) is 16.9. The van der Waals surface area contributed by atoms with Crippen LogP contribution >= 0.6 is 0 Å². The Morgan fingerprint density at radius 1 is 0.871 bits per heavy atom. The van der Waals surface area contributed by atoms with Crippen LogP contribution in [0, 0.1) is 17.8 Å². The molecule has 0 radical (unpaired) electrons. The highest BCUT2D eigenvalue weighted by atomic mass is 16.5. The minimum absolute atomic E-state index is 0.00981. The first-order valence-electron chi connectivity index (χ1n) is 11.6. The van der Waals surface area contributed by atoms with Crippen LogP contribution in [0.3, 0.4) is 0 Å². The molecule has 0 unspecified atom stereocenters. The summed E-state index contributed by atoms with van der Waals surface area (Å²) in [4.78, 5) is 31.6. The highest BCUT2D eigenvalue weighted by Gasteiger charge is 2.25. The molecule has 9 heteroatoms. The van der Waals surface area contributed by atoms with Crippen molar-refractivity contribution in [2.45, 2.75) is 51.9 Å². The zero-order valence-electron chi connectivity index (χ0n) is 19.1. The lowest BCUT2D eigenvalue weighted by Crippen LogP contribution is -2.46. The van der Waals surface area contributed by atoms with Crippen molar-refractivity contribution in [2.24, 2.45) is 17.8 Å². The molecule has 0 aromatic heterocycles. The molecule has 4 rings (SSSR count). The first-order chi connectivity index (χ1) is 15.0. The molecule has 3 aliphatic heterocycles. The van der Waals surface area contributed by atoms with Gasteiger partial charge in [-0.1, -0.05) is 19.3 Å². The van der Waals surface area contributed by atoms with E-state index in [4.69, 9.17) is 9.84 Å². The normalized spacial score (nSPS) is 20.3. The van der Waals surface area contributed by atoms with Gasteiger partial charge in [-0.25, -0.2) is 0 Å². The van der Waals surface area contributed by atoms with Crippen molar-refractivity contribution >= 4 is 17.9 Å². The molecule has 4 fully saturated rings. The summed E-state index contributed by atoms with van der Waals surface area (Å²) in [5, 5.41) is 17.1. The summed E-state index contributed by atoms with van der Waals surface area (Å²) in [7, 11) is 1.42. The molecule has 180 valence electrons. The molecule has 1 saturated carbocycles. The van der Waals surface area contributed by atoms with Gasteiger partial charge >= 0.3 is 17.9 Å². The average molecular weight is 444 g/mol. The molecular formula is C22H41N3O6. The van der Waals surface area contributed by atoms with Crippen LogP contribution in [0.5, 0.6) is 0 Å². The van der Waals surface area contributed by atoms with E-state index >= 15 is 0 Å². The van der Waals surface area contributed by atoms with Gasteiger partial charge < -0.3 is 30.5 Å². The van der Waals surface area contributed by atoms with Crippen molar-refractivity contribution in [3.05, 3.63) is 0 Å². The van der Waals surface area contributed by atoms with Gasteiger partial charge in [-0.3, -0.25) is 14.4 Å². The Kier molecular flexibility index (Phi) is 14.9. The van der Waals surface area contributed by atoms with E-state index < -0.39 is 5.97 Å². The quantitative estimate of drug-likeness (QED) is 0.463. The van der Waals surface area contributed by atoms with Crippen LogP contribution in [-0.4, -0.2) is 76.0 Å². The third kappa shape index (κ3) is 12.7. The summed E-state index contributed by atoms with van der Waals surface area (Å²) in [6.07, 6.45) is 8.42. The molecule has 9 nitrogen and oxygen atoms in total. The van der Waals surface area contributed by atoms with Gasteiger partial charge in [0.2, 0.25) is 0 Å². The number of esters is 2. The van der Waals surface area contributed by atoms with Gasteiger partial charge in [-0.05, 0) is 45.2 Å². The average Bonchev–Trinajstić information content (AvgIpc) is 2.59. The standard InChI is InChI=1S/C10H18O2.C5H9NO2.C4H7NO2.C3H7N/c1-2-12-10(11)8-9-6-4-3-5-7-9;1-8-5(7)4-2-6-3-4;6-4(7)3-1-5-2-3;1-2-4-3-1/h9H,2-8H2,1H3;4,6H,2-3H2,1H3;3,5H,1-2H2,(H,6,7);4H,1-3H2. The van der Waals surface area contributed by atoms with Crippen molar-refractivity contribution in [1.82, 2.24) is 16.0 Å². The van der Waals surface area contributed by atoms with Crippen molar-refractivity contribution in [1.29, 1.82) is 0 Å². The molecule has 0 bridgehead atoms. The molecule has 3 heterocycles. The van der Waals surface area contributed by atoms with Crippen LogP contribution in [0.25, 0.3) is 0 Å². The topological polar surface area (TPSA) is 126 Å². The Bertz CT molecular complexity index is 509. The lowest BCUT2D eigenvalue weighted by Gasteiger charge is -2.23. The summed E-state index contributed by atoms with van der Waals surface area (Å²) in [6.45, 7) is 7.74. The highest BCUT2D eigenvalue weighted by molar-refractivity contribution is 5.73. The van der Waals surface area contributed by atoms with E-state index in [1.165, 1.54) is 58.7 Å². The fourth-order valence-corrected chi connectivity index (χ4v) is 3.11. The van der Waals surface area contributed by atoms with E-state index in [2.05, 4.69) is 20.7 Å². The number of nitrogens with one attached hydrogen (secondary N) is 3. The van der Waals surface area contributed by atoms with E-state index in [1.54, 1.807) is 0 Å². The lowest BCUT2D eigenvalue weighted by molar-refractivity contribution is -0.147. The van der Waals surface area contributed by atoms with Gasteiger partial charge in [0.05, 0.1) is 25.6 Å². The third-order valence-corrected chi connectivity index (χ3v) is 5.64. The van der Waals surface area contributed by atoms with Crippen molar-refractivity contribution in [2.75, 3.05) is 53.0 Å². The number of hydrogen-bond donors (Lipinski definition) is 4. The van der Waals surface area contributed by atoms with Crippen LogP contribution < -0.4 is 16.0 Å². The number of hydrogen-bond acceptors (Lipinski definition) is 8. The Morgan fingerprint density at radius 3 is 1.65 bits per heavy atom. The van der Waals surface area contributed by atoms with Gasteiger partial charge in [0.15, 0.2) is 0 Å². The summed E-state index contributed by atoms with van der Waals surface area (Å²) in [5.74, 6) is -0.162. The van der Waals surface area contributed by atoms with Crippen molar-refractivity contribution < 1.29 is 29.0 Å². The van der Waals surface area contributed by atoms with Crippen molar-refractivity contribution in [3.8, 4) is 0 Å². The number of carbonyl (C=O) groups is 3. The summed E-state index contributed by atoms with van der Waals surface area (Å²) in [6, 6.07) is 0. The second-order valence-corrected chi connectivity index (χ2v) is 8.19. The van der Waals surface area contributed by atoms with Crippen molar-refractivity contribution in [3.63, 3.8) is 0 Å². The zero-order chi connectivity index (χ0) is 22.9. The van der Waals surface area contributed by atoms with Crippen LogP contribution in [0.2, 0.25) is 0 Å². The number of carbonyl (C=O) groups excluding carboxylic acids is 2. The predicted octanol–water partition coefficient (Wildman–Crippen LogP) is 1.17. The Hall–Kier alpha value is -1.71. The second-order valence-electron chi connectivity index (χ2n) is 8.19. The summed E-state index contributed by atoms with van der Waals surface area (Å²) in [5.41, 5.74) is 0. The fraction of sp³-hybridized carbons (Fsp3) is 0.864. The van der Waals surface area contributed by atoms with Crippen LogP contribution in [0.15, 0.2) is 0 Å². The van der Waals surface area contributed by atoms with E-state index in [0.29, 0.717) is 32.0 Å². The van der Waals surface area contributed by atoms with Gasteiger partial charge in [0.25, 0.3) is 0 Å². The fourth-order valence-electron chi connectivity index (χ4n) is 3.11. The number of aliphatic carboxylic acids is 1. The maximum atomic E-state index is 11.1. The largest absolute Gasteiger partial charge is 0.481 e. The van der Waals surface area contributed by atoms with Crippen LogP contribution in [0.4, 0.5) is 0 Å². The molecule has 1 aliphatic carbocycles. The maximum absolute atomic E-state index is 11.1. The van der Waals surface area contributed by atoms with E-state index in [-0.39, 0.29) is 23.8 Å². The summed E-state index contributed by atoms with van der Waals surface area (Å²) >= 11 is 0. The van der Waals surface area contributed by atoms with E-state index in [1.807, 2.05) is 6.92 Å². The number of carboxylic acids is 1. The van der Waals surface area contributed by atoms with Crippen LogP contribution in [0.1, 0.15) is 51.9 Å². The molecule has 4 N–H and O–H groups in total. The summed E-state index contributed by atoms with van der Waals surface area (Å²) < 4.78 is 9.38. The first kappa shape index (κ1) is 27.3. The molecule has 0 atom stereocenters. The third-order valence-electron chi connectivity index (χ3n) is 5.64. The smallest absolute Gasteiger partial charge is 0.311 e. The zero-order valence-corrected chi connectivity index (χ0v) is 19.1. The lowest BCUT2D eigenvalue weighted by atomic mass is 9.87. The number of rotatable bonds is 5. The molecule has 3 saturated heterocycles. The molecule has 4 aliphatic rings. The number of methoxy groups -OCH3 is 1.